The van der Waals surface area contributed by atoms with Crippen molar-refractivity contribution in [2.75, 3.05) is 37.0 Å². The fraction of sp³-hybridized carbons (Fsp3) is 0.346. The maximum Gasteiger partial charge on any atom is 0.321 e. The molecule has 13 heteroatoms. The number of ether oxygens (including phenoxy) is 1. The van der Waals surface area contributed by atoms with Gasteiger partial charge in [0.2, 0.25) is 5.95 Å². The second-order valence-electron chi connectivity index (χ2n) is 9.43. The number of methoxy groups -OCH3 is 1. The number of aliphatic carboxylic acids is 1. The lowest BCUT2D eigenvalue weighted by Gasteiger charge is -2.36. The van der Waals surface area contributed by atoms with Crippen LogP contribution in [0.3, 0.4) is 0 Å². The summed E-state index contributed by atoms with van der Waals surface area (Å²) < 4.78 is 6.07. The van der Waals surface area contributed by atoms with Gasteiger partial charge in [0.05, 0.1) is 28.4 Å². The second-order valence-corrected chi connectivity index (χ2v) is 10.4. The van der Waals surface area contributed by atoms with Crippen molar-refractivity contribution in [3.8, 4) is 28.4 Å². The molecule has 5 rings (SSSR count). The van der Waals surface area contributed by atoms with Gasteiger partial charge >= 0.3 is 18.0 Å². The molecule has 0 spiro atoms. The Balaban J connectivity index is 1.49. The lowest BCUT2D eigenvalue weighted by molar-refractivity contribution is -0.149. The van der Waals surface area contributed by atoms with E-state index in [1.165, 1.54) is 18.4 Å². The molecule has 1 aliphatic heterocycles. The zero-order valence-corrected chi connectivity index (χ0v) is 22.6. The van der Waals surface area contributed by atoms with Crippen molar-refractivity contribution in [3.63, 3.8) is 0 Å². The number of nitrogens with zero attached hydrogens (tertiary/aromatic N) is 6. The van der Waals surface area contributed by atoms with Gasteiger partial charge in [-0.05, 0) is 50.5 Å². The van der Waals surface area contributed by atoms with Gasteiger partial charge in [0.1, 0.15) is 0 Å². The van der Waals surface area contributed by atoms with Gasteiger partial charge in [-0.2, -0.15) is 4.98 Å². The van der Waals surface area contributed by atoms with Crippen LogP contribution in [0.5, 0.6) is 6.01 Å². The van der Waals surface area contributed by atoms with Gasteiger partial charge in [-0.3, -0.25) is 10.1 Å². The minimum atomic E-state index is -0.766. The third kappa shape index (κ3) is 5.43. The Morgan fingerprint density at radius 2 is 1.87 bits per heavy atom. The first-order valence-corrected chi connectivity index (χ1v) is 13.3. The summed E-state index contributed by atoms with van der Waals surface area (Å²) in [4.78, 5) is 48.1. The van der Waals surface area contributed by atoms with Crippen molar-refractivity contribution in [3.05, 3.63) is 36.8 Å². The molecule has 0 unspecified atom stereocenters. The Labute approximate surface area is 228 Å². The molecule has 12 nitrogen and oxygen atoms in total. The lowest BCUT2D eigenvalue weighted by atomic mass is 9.80. The molecule has 202 valence electrons. The number of carboxylic acids is 1. The molecule has 39 heavy (non-hydrogen) atoms. The summed E-state index contributed by atoms with van der Waals surface area (Å²) in [6.45, 7) is 5.28. The fourth-order valence-corrected chi connectivity index (χ4v) is 5.35. The molecule has 0 atom stereocenters. The first kappa shape index (κ1) is 26.2. The summed E-state index contributed by atoms with van der Waals surface area (Å²) in [5.74, 6) is -0.201. The van der Waals surface area contributed by atoms with E-state index in [4.69, 9.17) is 4.74 Å². The SMILES string of the molecule is CCNC(=O)Nc1nc2cc(-c3cnc(N4CCC(C)(C(=O)O)CC4)nc3)cc(-c3ccnc(OC)n3)c2s1. The number of urea groups is 1. The number of anilines is 2. The number of amides is 2. The van der Waals surface area contributed by atoms with Crippen molar-refractivity contribution in [2.24, 2.45) is 5.41 Å². The summed E-state index contributed by atoms with van der Waals surface area (Å²) in [5.41, 5.74) is 3.02. The average molecular weight is 549 g/mol. The molecule has 4 aromatic rings. The number of carboxylic acid groups (broad SMARTS) is 1. The van der Waals surface area contributed by atoms with Gasteiger partial charge in [0.25, 0.3) is 0 Å². The van der Waals surface area contributed by atoms with E-state index in [2.05, 4.69) is 35.6 Å². The average Bonchev–Trinajstić information content (AvgIpc) is 3.35. The number of carbonyl (C=O) groups is 2. The highest BCUT2D eigenvalue weighted by molar-refractivity contribution is 7.22. The van der Waals surface area contributed by atoms with Crippen LogP contribution in [0.4, 0.5) is 15.9 Å². The van der Waals surface area contributed by atoms with Crippen LogP contribution in [-0.4, -0.2) is 68.8 Å². The van der Waals surface area contributed by atoms with E-state index in [9.17, 15) is 14.7 Å². The topological polar surface area (TPSA) is 155 Å². The van der Waals surface area contributed by atoms with E-state index in [0.29, 0.717) is 54.8 Å². The van der Waals surface area contributed by atoms with Gasteiger partial charge in [-0.1, -0.05) is 11.3 Å². The number of thiazole rings is 1. The predicted molar refractivity (Wildman–Crippen MR) is 148 cm³/mol. The van der Waals surface area contributed by atoms with Crippen LogP contribution >= 0.6 is 11.3 Å². The molecule has 1 aliphatic rings. The van der Waals surface area contributed by atoms with Crippen LogP contribution in [0.25, 0.3) is 32.6 Å². The predicted octanol–water partition coefficient (Wildman–Crippen LogP) is 4.05. The third-order valence-corrected chi connectivity index (χ3v) is 7.80. The van der Waals surface area contributed by atoms with Gasteiger partial charge in [-0.25, -0.2) is 24.7 Å². The first-order valence-electron chi connectivity index (χ1n) is 12.5. The van der Waals surface area contributed by atoms with Crippen molar-refractivity contribution in [1.82, 2.24) is 30.2 Å². The highest BCUT2D eigenvalue weighted by Crippen LogP contribution is 2.38. The van der Waals surface area contributed by atoms with E-state index >= 15 is 0 Å². The zero-order valence-electron chi connectivity index (χ0n) is 21.8. The van der Waals surface area contributed by atoms with Crippen LogP contribution in [0, 0.1) is 5.41 Å². The molecule has 0 radical (unpaired) electrons. The van der Waals surface area contributed by atoms with Gasteiger partial charge in [0.15, 0.2) is 5.13 Å². The van der Waals surface area contributed by atoms with Crippen molar-refractivity contribution in [1.29, 1.82) is 0 Å². The Kier molecular flexibility index (Phi) is 7.24. The van der Waals surface area contributed by atoms with Gasteiger partial charge in [-0.15, -0.1) is 0 Å². The summed E-state index contributed by atoms with van der Waals surface area (Å²) >= 11 is 1.35. The standard InChI is InChI=1S/C26H28N8O4S/c1-4-27-23(37)33-25-32-19-12-15(11-17(20(19)39-25)18-5-8-28-24(31-18)38-3)16-13-29-22(30-14-16)34-9-6-26(2,7-10-34)21(35)36/h5,8,11-14H,4,6-7,9-10H2,1-3H3,(H,35,36)(H2,27,32,33,37). The van der Waals surface area contributed by atoms with Gasteiger partial charge in [0, 0.05) is 49.4 Å². The van der Waals surface area contributed by atoms with Crippen LogP contribution in [0.1, 0.15) is 26.7 Å². The Morgan fingerprint density at radius 1 is 1.13 bits per heavy atom. The summed E-state index contributed by atoms with van der Waals surface area (Å²) in [7, 11) is 1.51. The minimum Gasteiger partial charge on any atom is -0.481 e. The van der Waals surface area contributed by atoms with Crippen LogP contribution < -0.4 is 20.3 Å². The molecule has 1 aromatic carbocycles. The molecule has 1 fully saturated rings. The number of carbonyl (C=O) groups excluding carboxylic acids is 1. The van der Waals surface area contributed by atoms with E-state index in [0.717, 1.165) is 21.4 Å². The molecule has 0 saturated carbocycles. The summed E-state index contributed by atoms with van der Waals surface area (Å²) in [5, 5.41) is 15.5. The monoisotopic (exact) mass is 548 g/mol. The van der Waals surface area contributed by atoms with Crippen molar-refractivity contribution >= 4 is 44.6 Å². The zero-order chi connectivity index (χ0) is 27.6. The Bertz CT molecular complexity index is 1520. The molecule has 2 amide bonds. The minimum absolute atomic E-state index is 0.240. The highest BCUT2D eigenvalue weighted by atomic mass is 32.1. The molecule has 3 aromatic heterocycles. The number of rotatable bonds is 7. The molecular weight excluding hydrogens is 520 g/mol. The van der Waals surface area contributed by atoms with E-state index in [1.807, 2.05) is 24.0 Å². The number of benzene rings is 1. The second kappa shape index (κ2) is 10.8. The third-order valence-electron chi connectivity index (χ3n) is 6.78. The van der Waals surface area contributed by atoms with E-state index in [-0.39, 0.29) is 12.0 Å². The van der Waals surface area contributed by atoms with Crippen molar-refractivity contribution < 1.29 is 19.4 Å². The maximum absolute atomic E-state index is 12.1. The molecule has 1 saturated heterocycles. The number of nitrogens with one attached hydrogen (secondary N) is 2. The normalized spacial score (nSPS) is 14.7. The van der Waals surface area contributed by atoms with Crippen LogP contribution in [0.2, 0.25) is 0 Å². The molecule has 4 heterocycles. The molecular formula is C26H28N8O4S. The molecule has 3 N–H and O–H groups in total. The quantitative estimate of drug-likeness (QED) is 0.308. The summed E-state index contributed by atoms with van der Waals surface area (Å²) in [6, 6.07) is 5.61. The fourth-order valence-electron chi connectivity index (χ4n) is 4.38. The Hall–Kier alpha value is -4.39. The number of hydrogen-bond acceptors (Lipinski definition) is 10. The van der Waals surface area contributed by atoms with E-state index < -0.39 is 11.4 Å². The number of hydrogen-bond donors (Lipinski definition) is 3. The van der Waals surface area contributed by atoms with Crippen molar-refractivity contribution in [2.45, 2.75) is 26.7 Å². The van der Waals surface area contributed by atoms with Crippen LogP contribution in [0.15, 0.2) is 36.8 Å². The summed E-state index contributed by atoms with van der Waals surface area (Å²) in [6.07, 6.45) is 6.19. The number of fused-ring (bicyclic) bond motifs is 1. The number of aromatic nitrogens is 5. The van der Waals surface area contributed by atoms with Crippen LogP contribution in [-0.2, 0) is 4.79 Å². The highest BCUT2D eigenvalue weighted by Gasteiger charge is 2.37. The number of piperidine rings is 1. The first-order chi connectivity index (χ1) is 18.8. The molecule has 0 bridgehead atoms. The maximum atomic E-state index is 12.1. The largest absolute Gasteiger partial charge is 0.481 e. The van der Waals surface area contributed by atoms with E-state index in [1.54, 1.807) is 31.6 Å². The smallest absolute Gasteiger partial charge is 0.321 e. The Morgan fingerprint density at radius 3 is 2.54 bits per heavy atom. The molecule has 0 aliphatic carbocycles. The lowest BCUT2D eigenvalue weighted by Crippen LogP contribution is -2.43. The van der Waals surface area contributed by atoms with Gasteiger partial charge < -0.3 is 20.1 Å².